The van der Waals surface area contributed by atoms with Crippen LogP contribution in [-0.4, -0.2) is 18.7 Å². The summed E-state index contributed by atoms with van der Waals surface area (Å²) in [6.07, 6.45) is 7.80. The highest BCUT2D eigenvalue weighted by Gasteiger charge is 2.21. The highest BCUT2D eigenvalue weighted by atomic mass is 16.5. The van der Waals surface area contributed by atoms with Crippen LogP contribution < -0.4 is 11.3 Å². The quantitative estimate of drug-likeness (QED) is 0.377. The van der Waals surface area contributed by atoms with Crippen LogP contribution in [0, 0.1) is 6.10 Å². The maximum atomic E-state index is 11.2. The number of fused-ring (bicyclic) bond motifs is 1. The van der Waals surface area contributed by atoms with Gasteiger partial charge in [0.25, 0.3) is 5.91 Å². The molecule has 1 aliphatic heterocycles. The van der Waals surface area contributed by atoms with Crippen LogP contribution in [0.1, 0.15) is 0 Å². The first-order valence-electron chi connectivity index (χ1n) is 4.37. The van der Waals surface area contributed by atoms with Crippen molar-refractivity contribution >= 4 is 11.6 Å². The molecular weight excluding hydrogens is 194 g/mol. The molecule has 2 rings (SSSR count). The fraction of sp³-hybridized carbons (Fsp3) is 0.100. The highest BCUT2D eigenvalue weighted by molar-refractivity contribution is 6.17. The minimum absolute atomic E-state index is 0.306. The molecule has 1 heterocycles. The number of carbonyl (C=O) groups excluding carboxylic acids is 1. The Morgan fingerprint density at radius 1 is 1.47 bits per heavy atom. The van der Waals surface area contributed by atoms with Crippen LogP contribution in [0.5, 0.6) is 0 Å². The van der Waals surface area contributed by atoms with Crippen molar-refractivity contribution in [2.45, 2.75) is 0 Å². The number of ether oxygens (including phenoxy) is 1. The average Bonchev–Trinajstić information content (AvgIpc) is 2.70. The number of aliphatic imine (C=N–C) groups is 1. The van der Waals surface area contributed by atoms with Gasteiger partial charge in [-0.15, -0.1) is 0 Å². The van der Waals surface area contributed by atoms with E-state index in [2.05, 4.69) is 4.99 Å². The Balaban J connectivity index is 2.28. The molecule has 0 spiro atoms. The summed E-state index contributed by atoms with van der Waals surface area (Å²) in [5.74, 6) is 4.62. The van der Waals surface area contributed by atoms with E-state index in [9.17, 15) is 4.79 Å². The second-order valence-corrected chi connectivity index (χ2v) is 3.04. The molecular formula is C10H10N3O2. The Bertz CT molecular complexity index is 418. The normalized spacial score (nSPS) is 19.2. The summed E-state index contributed by atoms with van der Waals surface area (Å²) in [7, 11) is 1.59. The van der Waals surface area contributed by atoms with Gasteiger partial charge in [-0.05, 0) is 24.3 Å². The lowest BCUT2D eigenvalue weighted by atomic mass is 10.0. The van der Waals surface area contributed by atoms with Gasteiger partial charge in [-0.1, -0.05) is 0 Å². The van der Waals surface area contributed by atoms with E-state index in [0.29, 0.717) is 5.70 Å². The molecule has 0 aromatic rings. The van der Waals surface area contributed by atoms with Gasteiger partial charge in [0.2, 0.25) is 0 Å². The Morgan fingerprint density at radius 3 is 2.93 bits per heavy atom. The third kappa shape index (κ3) is 1.74. The first-order valence-corrected chi connectivity index (χ1v) is 4.37. The SMILES string of the molecule is CO[C]1C=CC2=NC(C(=O)NN)=CC2=C1. The van der Waals surface area contributed by atoms with E-state index in [4.69, 9.17) is 10.6 Å². The van der Waals surface area contributed by atoms with Crippen molar-refractivity contribution in [2.75, 3.05) is 7.11 Å². The zero-order chi connectivity index (χ0) is 10.8. The number of rotatable bonds is 2. The number of allylic oxidation sites excluding steroid dienone is 3. The van der Waals surface area contributed by atoms with Crippen molar-refractivity contribution in [3.05, 3.63) is 41.7 Å². The molecule has 1 aliphatic carbocycles. The van der Waals surface area contributed by atoms with Crippen molar-refractivity contribution in [3.8, 4) is 0 Å². The maximum absolute atomic E-state index is 11.2. The van der Waals surface area contributed by atoms with Crippen molar-refractivity contribution < 1.29 is 9.53 Å². The van der Waals surface area contributed by atoms with E-state index < -0.39 is 5.91 Å². The van der Waals surface area contributed by atoms with E-state index in [-0.39, 0.29) is 0 Å². The van der Waals surface area contributed by atoms with Gasteiger partial charge in [-0.25, -0.2) is 10.8 Å². The molecule has 15 heavy (non-hydrogen) atoms. The van der Waals surface area contributed by atoms with Gasteiger partial charge in [0, 0.05) is 12.7 Å². The van der Waals surface area contributed by atoms with Crippen molar-refractivity contribution in [1.29, 1.82) is 0 Å². The minimum Gasteiger partial charge on any atom is -0.366 e. The molecule has 0 fully saturated rings. The molecule has 0 aromatic heterocycles. The lowest BCUT2D eigenvalue weighted by molar-refractivity contribution is -0.117. The molecule has 5 nitrogen and oxygen atoms in total. The average molecular weight is 204 g/mol. The lowest BCUT2D eigenvalue weighted by Gasteiger charge is -2.09. The zero-order valence-corrected chi connectivity index (χ0v) is 8.15. The number of methoxy groups -OCH3 is 1. The Morgan fingerprint density at radius 2 is 2.27 bits per heavy atom. The summed E-state index contributed by atoms with van der Waals surface area (Å²) < 4.78 is 5.07. The molecule has 0 bridgehead atoms. The van der Waals surface area contributed by atoms with Gasteiger partial charge in [0.1, 0.15) is 11.8 Å². The summed E-state index contributed by atoms with van der Waals surface area (Å²) in [6.45, 7) is 0. The molecule has 1 amide bonds. The van der Waals surface area contributed by atoms with E-state index in [1.807, 2.05) is 11.5 Å². The third-order valence-electron chi connectivity index (χ3n) is 2.13. The van der Waals surface area contributed by atoms with Crippen molar-refractivity contribution in [3.63, 3.8) is 0 Å². The topological polar surface area (TPSA) is 76.7 Å². The first-order chi connectivity index (χ1) is 7.24. The number of nitrogens with two attached hydrogens (primary N) is 1. The van der Waals surface area contributed by atoms with Crippen LogP contribution in [0.15, 0.2) is 40.6 Å². The van der Waals surface area contributed by atoms with E-state index in [1.165, 1.54) is 0 Å². The van der Waals surface area contributed by atoms with Crippen LogP contribution in [0.2, 0.25) is 0 Å². The van der Waals surface area contributed by atoms with Crippen LogP contribution in [0.4, 0.5) is 0 Å². The van der Waals surface area contributed by atoms with Crippen LogP contribution in [0.25, 0.3) is 0 Å². The standard InChI is InChI=1S/C10H10N3O2/c1-15-7-2-3-8-6(4-7)5-9(12-8)10(14)13-11/h2-5H,11H2,1H3,(H,13,14). The number of hydrogen-bond acceptors (Lipinski definition) is 4. The summed E-state index contributed by atoms with van der Waals surface area (Å²) in [5, 5.41) is 0. The third-order valence-corrected chi connectivity index (χ3v) is 2.13. The minimum atomic E-state index is -0.398. The number of amides is 1. The van der Waals surface area contributed by atoms with Gasteiger partial charge in [0.05, 0.1) is 5.71 Å². The Hall–Kier alpha value is -1.72. The fourth-order valence-corrected chi connectivity index (χ4v) is 1.38. The van der Waals surface area contributed by atoms with E-state index in [1.54, 1.807) is 25.3 Å². The summed E-state index contributed by atoms with van der Waals surface area (Å²) in [4.78, 5) is 15.3. The smallest absolute Gasteiger partial charge is 0.283 e. The summed E-state index contributed by atoms with van der Waals surface area (Å²) in [6, 6.07) is 0. The maximum Gasteiger partial charge on any atom is 0.283 e. The molecule has 0 unspecified atom stereocenters. The number of nitrogens with one attached hydrogen (secondary N) is 1. The van der Waals surface area contributed by atoms with Gasteiger partial charge in [-0.2, -0.15) is 0 Å². The molecule has 5 heteroatoms. The number of carbonyl (C=O) groups is 1. The van der Waals surface area contributed by atoms with Crippen LogP contribution in [-0.2, 0) is 9.53 Å². The summed E-state index contributed by atoms with van der Waals surface area (Å²) in [5.41, 5.74) is 3.94. The predicted octanol–water partition coefficient (Wildman–Crippen LogP) is -0.0106. The van der Waals surface area contributed by atoms with Crippen LogP contribution >= 0.6 is 0 Å². The van der Waals surface area contributed by atoms with Crippen molar-refractivity contribution in [1.82, 2.24) is 5.43 Å². The van der Waals surface area contributed by atoms with Gasteiger partial charge in [0.15, 0.2) is 0 Å². The van der Waals surface area contributed by atoms with Crippen LogP contribution in [0.3, 0.4) is 0 Å². The van der Waals surface area contributed by atoms with Gasteiger partial charge in [-0.3, -0.25) is 10.2 Å². The molecule has 2 aliphatic rings. The Kier molecular flexibility index (Phi) is 2.49. The second kappa shape index (κ2) is 3.80. The fourth-order valence-electron chi connectivity index (χ4n) is 1.38. The molecule has 3 N–H and O–H groups in total. The summed E-state index contributed by atoms with van der Waals surface area (Å²) >= 11 is 0. The lowest BCUT2D eigenvalue weighted by Crippen LogP contribution is -2.30. The first kappa shape index (κ1) is 9.82. The highest BCUT2D eigenvalue weighted by Crippen LogP contribution is 2.24. The number of nitrogens with zero attached hydrogens (tertiary/aromatic N) is 1. The molecule has 1 radical (unpaired) electrons. The number of hydrazine groups is 1. The van der Waals surface area contributed by atoms with E-state index in [0.717, 1.165) is 17.4 Å². The molecule has 0 saturated carbocycles. The second-order valence-electron chi connectivity index (χ2n) is 3.04. The molecule has 0 aromatic carbocycles. The van der Waals surface area contributed by atoms with E-state index >= 15 is 0 Å². The van der Waals surface area contributed by atoms with Gasteiger partial charge >= 0.3 is 0 Å². The molecule has 0 saturated heterocycles. The monoisotopic (exact) mass is 204 g/mol. The predicted molar refractivity (Wildman–Crippen MR) is 55.3 cm³/mol. The largest absolute Gasteiger partial charge is 0.366 e. The number of hydrogen-bond donors (Lipinski definition) is 2. The van der Waals surface area contributed by atoms with Gasteiger partial charge < -0.3 is 4.74 Å². The molecule has 0 atom stereocenters. The Labute approximate surface area is 87.0 Å². The van der Waals surface area contributed by atoms with Crippen molar-refractivity contribution in [2.24, 2.45) is 10.8 Å². The molecule has 77 valence electrons. The zero-order valence-electron chi connectivity index (χ0n) is 8.15.